The summed E-state index contributed by atoms with van der Waals surface area (Å²) in [6.45, 7) is 9.66. The van der Waals surface area contributed by atoms with Gasteiger partial charge in [-0.25, -0.2) is 14.7 Å². The maximum Gasteiger partial charge on any atom is 0.344 e. The van der Waals surface area contributed by atoms with Gasteiger partial charge in [-0.3, -0.25) is 13.9 Å². The van der Waals surface area contributed by atoms with Crippen molar-refractivity contribution >= 4 is 30.8 Å². The minimum Gasteiger partial charge on any atom is -0.479 e. The number of nitrogens with one attached hydrogen (secondary N) is 1. The molecule has 0 bridgehead atoms. The van der Waals surface area contributed by atoms with Gasteiger partial charge in [0.05, 0.1) is 26.7 Å². The van der Waals surface area contributed by atoms with E-state index in [-0.39, 0.29) is 36.1 Å². The van der Waals surface area contributed by atoms with Crippen molar-refractivity contribution < 1.29 is 38.3 Å². The maximum atomic E-state index is 14.1. The molecule has 2 fully saturated rings. The minimum absolute atomic E-state index is 0.0723. The number of esters is 1. The number of carbonyl (C=O) groups excluding carboxylic acids is 1. The molecule has 5 N–H and O–H groups in total. The summed E-state index contributed by atoms with van der Waals surface area (Å²) in [4.78, 5) is 25.1. The fraction of sp³-hybridized carbons (Fsp3) is 0.750. The van der Waals surface area contributed by atoms with E-state index in [2.05, 4.69) is 20.0 Å². The van der Waals surface area contributed by atoms with Gasteiger partial charge in [-0.1, -0.05) is 20.8 Å². The molecule has 15 nitrogen and oxygen atoms in total. The summed E-state index contributed by atoms with van der Waals surface area (Å²) in [6, 6.07) is -0.920. The van der Waals surface area contributed by atoms with E-state index in [1.54, 1.807) is 11.6 Å². The molecule has 2 aliphatic rings. The van der Waals surface area contributed by atoms with Gasteiger partial charge in [0, 0.05) is 13.1 Å². The normalized spacial score (nSPS) is 28.1. The predicted molar refractivity (Wildman–Crippen MR) is 144 cm³/mol. The zero-order valence-corrected chi connectivity index (χ0v) is 24.6. The Balaban J connectivity index is 1.51. The summed E-state index contributed by atoms with van der Waals surface area (Å²) < 4.78 is 39.7. The highest BCUT2D eigenvalue weighted by atomic mass is 31.2. The third-order valence-corrected chi connectivity index (χ3v) is 9.19. The lowest BCUT2D eigenvalue weighted by Crippen LogP contribution is -2.45. The van der Waals surface area contributed by atoms with E-state index in [0.717, 1.165) is 12.8 Å². The predicted octanol–water partition coefficient (Wildman–Crippen LogP) is 1.21. The van der Waals surface area contributed by atoms with Crippen molar-refractivity contribution in [1.29, 1.82) is 0 Å². The fourth-order valence-corrected chi connectivity index (χ4v) is 6.80. The van der Waals surface area contributed by atoms with Crippen molar-refractivity contribution in [3.8, 4) is 5.88 Å². The van der Waals surface area contributed by atoms with Crippen molar-refractivity contribution in [2.45, 2.75) is 77.5 Å². The van der Waals surface area contributed by atoms with Crippen molar-refractivity contribution in [2.24, 2.45) is 5.41 Å². The second-order valence-corrected chi connectivity index (χ2v) is 13.7. The van der Waals surface area contributed by atoms with Crippen LogP contribution in [-0.4, -0.2) is 97.6 Å². The third kappa shape index (κ3) is 6.25. The fourth-order valence-electron chi connectivity index (χ4n) is 4.65. The van der Waals surface area contributed by atoms with Gasteiger partial charge in [0.2, 0.25) is 11.8 Å². The van der Waals surface area contributed by atoms with Crippen molar-refractivity contribution in [3.63, 3.8) is 0 Å². The Morgan fingerprint density at radius 3 is 2.65 bits per heavy atom. The van der Waals surface area contributed by atoms with Gasteiger partial charge < -0.3 is 34.7 Å². The first-order chi connectivity index (χ1) is 18.7. The van der Waals surface area contributed by atoms with E-state index in [4.69, 9.17) is 24.5 Å². The SMILES string of the molecule is COc1nc(N)nc2c1ncn2[C@@H]1O[C@H](COP(=O)(N[C@@H](C)C(=O)OCC(C)(C)C)N2CCCC2)[C@@H](O)[C@@]1(C)O. The largest absolute Gasteiger partial charge is 0.479 e. The number of hydrogen-bond acceptors (Lipinski definition) is 12. The first kappa shape index (κ1) is 30.6. The quantitative estimate of drug-likeness (QED) is 0.229. The Kier molecular flexibility index (Phi) is 8.77. The average Bonchev–Trinajstić information content (AvgIpc) is 3.61. The number of rotatable bonds is 10. The van der Waals surface area contributed by atoms with Crippen LogP contribution in [0.25, 0.3) is 11.2 Å². The molecule has 2 saturated heterocycles. The van der Waals surface area contributed by atoms with Crippen LogP contribution in [0.2, 0.25) is 0 Å². The van der Waals surface area contributed by atoms with Crippen LogP contribution in [0.1, 0.15) is 53.7 Å². The molecule has 2 aromatic heterocycles. The number of anilines is 1. The van der Waals surface area contributed by atoms with Crippen molar-refractivity contribution in [2.75, 3.05) is 39.1 Å². The minimum atomic E-state index is -3.76. The Morgan fingerprint density at radius 2 is 2.02 bits per heavy atom. The summed E-state index contributed by atoms with van der Waals surface area (Å²) in [5, 5.41) is 25.1. The number of fused-ring (bicyclic) bond motifs is 1. The summed E-state index contributed by atoms with van der Waals surface area (Å²) in [5.74, 6) is -0.481. The Morgan fingerprint density at radius 1 is 1.35 bits per heavy atom. The Hall–Kier alpha value is -2.39. The second-order valence-electron chi connectivity index (χ2n) is 11.6. The van der Waals surface area contributed by atoms with E-state index in [0.29, 0.717) is 18.6 Å². The maximum absolute atomic E-state index is 14.1. The molecule has 0 amide bonds. The van der Waals surface area contributed by atoms with E-state index in [9.17, 15) is 19.6 Å². The first-order valence-corrected chi connectivity index (χ1v) is 14.8. The zero-order chi connectivity index (χ0) is 29.5. The van der Waals surface area contributed by atoms with E-state index in [1.807, 2.05) is 20.8 Å². The molecule has 2 aromatic rings. The van der Waals surface area contributed by atoms with Crippen LogP contribution < -0.4 is 15.6 Å². The number of aliphatic hydroxyl groups excluding tert-OH is 1. The van der Waals surface area contributed by atoms with Crippen molar-refractivity contribution in [3.05, 3.63) is 6.33 Å². The molecule has 6 atom stereocenters. The van der Waals surface area contributed by atoms with Crippen LogP contribution in [-0.2, 0) is 23.4 Å². The molecule has 0 aliphatic carbocycles. The summed E-state index contributed by atoms with van der Waals surface area (Å²) in [6.07, 6.45) is -0.654. The topological polar surface area (TPSA) is 196 Å². The van der Waals surface area contributed by atoms with Crippen LogP contribution in [0.15, 0.2) is 6.33 Å². The lowest BCUT2D eigenvalue weighted by Gasteiger charge is -2.31. The number of methoxy groups -OCH3 is 1. The molecule has 0 aromatic carbocycles. The lowest BCUT2D eigenvalue weighted by atomic mass is 9.96. The first-order valence-electron chi connectivity index (χ1n) is 13.2. The number of imidazole rings is 1. The second kappa shape index (κ2) is 11.5. The molecule has 4 rings (SSSR count). The molecule has 16 heteroatoms. The Bertz CT molecular complexity index is 1260. The van der Waals surface area contributed by atoms with Gasteiger partial charge in [0.15, 0.2) is 17.4 Å². The van der Waals surface area contributed by atoms with Crippen LogP contribution in [0, 0.1) is 5.41 Å². The summed E-state index contributed by atoms with van der Waals surface area (Å²) >= 11 is 0. The molecule has 4 heterocycles. The summed E-state index contributed by atoms with van der Waals surface area (Å²) in [5.41, 5.74) is 4.30. The zero-order valence-electron chi connectivity index (χ0n) is 23.7. The Labute approximate surface area is 232 Å². The monoisotopic (exact) mass is 585 g/mol. The number of aromatic nitrogens is 4. The van der Waals surface area contributed by atoms with Gasteiger partial charge >= 0.3 is 13.6 Å². The van der Waals surface area contributed by atoms with Gasteiger partial charge in [-0.15, -0.1) is 0 Å². The van der Waals surface area contributed by atoms with Gasteiger partial charge in [-0.2, -0.15) is 9.97 Å². The molecule has 0 spiro atoms. The lowest BCUT2D eigenvalue weighted by molar-refractivity contribution is -0.148. The standard InChI is InChI=1S/C24H40N7O8P/c1-14(20(33)37-12-23(2,3)4)29-40(35,30-9-7-8-10-30)38-11-15-17(32)24(5,34)21(39-15)31-13-26-16-18(31)27-22(25)28-19(16)36-6/h13-15,17,21,32,34H,7-12H2,1-6H3,(H,29,35)(H2,25,27,28)/t14-,15+,17+,21+,24+,40?/m0/s1. The highest BCUT2D eigenvalue weighted by Crippen LogP contribution is 2.50. The van der Waals surface area contributed by atoms with Gasteiger partial charge in [-0.05, 0) is 32.1 Å². The van der Waals surface area contributed by atoms with E-state index in [1.165, 1.54) is 24.9 Å². The van der Waals surface area contributed by atoms with Crippen LogP contribution in [0.3, 0.4) is 0 Å². The number of aliphatic hydroxyl groups is 2. The number of nitrogen functional groups attached to an aromatic ring is 1. The number of ether oxygens (including phenoxy) is 3. The van der Waals surface area contributed by atoms with Crippen LogP contribution in [0.4, 0.5) is 5.95 Å². The molecule has 40 heavy (non-hydrogen) atoms. The molecular weight excluding hydrogens is 545 g/mol. The molecule has 0 radical (unpaired) electrons. The molecule has 2 aliphatic heterocycles. The number of hydrogen-bond donors (Lipinski definition) is 4. The smallest absolute Gasteiger partial charge is 0.344 e. The summed E-state index contributed by atoms with van der Waals surface area (Å²) in [7, 11) is -2.35. The number of nitrogens with zero attached hydrogens (tertiary/aromatic N) is 5. The van der Waals surface area contributed by atoms with Crippen LogP contribution in [0.5, 0.6) is 5.88 Å². The molecule has 224 valence electrons. The van der Waals surface area contributed by atoms with Crippen LogP contribution >= 0.6 is 7.67 Å². The molecule has 1 unspecified atom stereocenters. The van der Waals surface area contributed by atoms with Gasteiger partial charge in [0.25, 0.3) is 0 Å². The number of nitrogens with two attached hydrogens (primary N) is 1. The molecule has 0 saturated carbocycles. The third-order valence-electron chi connectivity index (χ3n) is 6.83. The average molecular weight is 586 g/mol. The highest BCUT2D eigenvalue weighted by molar-refractivity contribution is 7.54. The molecular formula is C24H40N7O8P. The van der Waals surface area contributed by atoms with E-state index >= 15 is 0 Å². The van der Waals surface area contributed by atoms with Gasteiger partial charge in [0.1, 0.15) is 23.9 Å². The van der Waals surface area contributed by atoms with E-state index < -0.39 is 43.7 Å². The number of carbonyl (C=O) groups is 1. The highest BCUT2D eigenvalue weighted by Gasteiger charge is 2.54. The van der Waals surface area contributed by atoms with Crippen molar-refractivity contribution in [1.82, 2.24) is 29.3 Å².